The predicted molar refractivity (Wildman–Crippen MR) is 79.3 cm³/mol. The number of methoxy groups -OCH3 is 1. The van der Waals surface area contributed by atoms with Crippen LogP contribution in [-0.4, -0.2) is 19.7 Å². The fourth-order valence-electron chi connectivity index (χ4n) is 2.08. The van der Waals surface area contributed by atoms with E-state index in [1.165, 1.54) is 12.7 Å². The molecule has 0 spiro atoms. The highest BCUT2D eigenvalue weighted by Crippen LogP contribution is 2.29. The molecule has 2 aromatic carbocycles. The van der Waals surface area contributed by atoms with Crippen molar-refractivity contribution in [3.05, 3.63) is 59.7 Å². The number of aliphatic carboxylic acids is 1. The first-order chi connectivity index (χ1) is 10.6. The van der Waals surface area contributed by atoms with E-state index >= 15 is 0 Å². The Morgan fingerprint density at radius 2 is 1.91 bits per heavy atom. The van der Waals surface area contributed by atoms with E-state index in [0.717, 1.165) is 6.42 Å². The quantitative estimate of drug-likeness (QED) is 0.799. The molecule has 0 amide bonds. The number of carboxylic acids is 1. The number of rotatable bonds is 7. The first-order valence-electron chi connectivity index (χ1n) is 7.00. The predicted octanol–water partition coefficient (Wildman–Crippen LogP) is 0.350. The highest BCUT2D eigenvalue weighted by Gasteiger charge is 2.14. The SMILES string of the molecule is COc1cc([C@@H]([NH3+])C(=O)[O-])ccc1OCCc1ccccc1. The van der Waals surface area contributed by atoms with Crippen molar-refractivity contribution >= 4 is 5.97 Å². The second-order valence-electron chi connectivity index (χ2n) is 4.87. The van der Waals surface area contributed by atoms with E-state index in [9.17, 15) is 9.90 Å². The lowest BCUT2D eigenvalue weighted by molar-refractivity contribution is -0.443. The van der Waals surface area contributed by atoms with Crippen molar-refractivity contribution in [2.24, 2.45) is 0 Å². The Balaban J connectivity index is 2.03. The third-order valence-electron chi connectivity index (χ3n) is 3.37. The minimum absolute atomic E-state index is 0.487. The Labute approximate surface area is 129 Å². The maximum atomic E-state index is 10.9. The van der Waals surface area contributed by atoms with Crippen molar-refractivity contribution in [1.29, 1.82) is 0 Å². The molecule has 0 radical (unpaired) electrons. The molecule has 0 aliphatic rings. The van der Waals surface area contributed by atoms with Gasteiger partial charge in [0, 0.05) is 12.0 Å². The Morgan fingerprint density at radius 3 is 2.55 bits per heavy atom. The lowest BCUT2D eigenvalue weighted by Gasteiger charge is -2.14. The Hall–Kier alpha value is -2.53. The normalized spacial score (nSPS) is 11.7. The molecule has 0 aliphatic heterocycles. The molecule has 2 rings (SSSR count). The van der Waals surface area contributed by atoms with Crippen LogP contribution in [0.1, 0.15) is 17.2 Å². The van der Waals surface area contributed by atoms with Crippen LogP contribution >= 0.6 is 0 Å². The lowest BCUT2D eigenvalue weighted by Crippen LogP contribution is -2.61. The summed E-state index contributed by atoms with van der Waals surface area (Å²) in [5, 5.41) is 10.9. The zero-order valence-corrected chi connectivity index (χ0v) is 12.5. The maximum Gasteiger partial charge on any atom is 0.161 e. The lowest BCUT2D eigenvalue weighted by atomic mass is 10.1. The molecular weight excluding hydrogens is 282 g/mol. The number of carbonyl (C=O) groups is 1. The van der Waals surface area contributed by atoms with E-state index in [1.54, 1.807) is 18.2 Å². The number of carboxylic acid groups (broad SMARTS) is 1. The highest BCUT2D eigenvalue weighted by molar-refractivity contribution is 5.72. The molecule has 0 fully saturated rings. The van der Waals surface area contributed by atoms with Crippen LogP contribution in [0.2, 0.25) is 0 Å². The van der Waals surface area contributed by atoms with Crippen LogP contribution in [0.4, 0.5) is 0 Å². The number of hydrogen-bond acceptors (Lipinski definition) is 4. The molecule has 116 valence electrons. The van der Waals surface area contributed by atoms with Gasteiger partial charge < -0.3 is 25.1 Å². The molecule has 5 heteroatoms. The second kappa shape index (κ2) is 7.47. The van der Waals surface area contributed by atoms with Crippen molar-refractivity contribution in [3.8, 4) is 11.5 Å². The number of quaternary nitrogens is 1. The summed E-state index contributed by atoms with van der Waals surface area (Å²) in [5.74, 6) is -0.159. The molecule has 22 heavy (non-hydrogen) atoms. The fraction of sp³-hybridized carbons (Fsp3) is 0.235. The largest absolute Gasteiger partial charge is 0.544 e. The first kappa shape index (κ1) is 15.9. The van der Waals surface area contributed by atoms with E-state index in [1.807, 2.05) is 30.3 Å². The van der Waals surface area contributed by atoms with Gasteiger partial charge in [0.25, 0.3) is 0 Å². The number of carbonyl (C=O) groups excluding carboxylic acids is 1. The minimum atomic E-state index is -1.22. The van der Waals surface area contributed by atoms with Gasteiger partial charge in [0.2, 0.25) is 0 Å². The Morgan fingerprint density at radius 1 is 1.18 bits per heavy atom. The Bertz CT molecular complexity index is 628. The molecule has 0 bridgehead atoms. The van der Waals surface area contributed by atoms with Gasteiger partial charge in [-0.05, 0) is 23.8 Å². The van der Waals surface area contributed by atoms with Gasteiger partial charge in [-0.25, -0.2) is 0 Å². The van der Waals surface area contributed by atoms with Crippen LogP contribution < -0.4 is 20.3 Å². The highest BCUT2D eigenvalue weighted by atomic mass is 16.5. The molecule has 3 N–H and O–H groups in total. The van der Waals surface area contributed by atoms with Gasteiger partial charge in [-0.2, -0.15) is 0 Å². The summed E-state index contributed by atoms with van der Waals surface area (Å²) in [4.78, 5) is 10.9. The van der Waals surface area contributed by atoms with Gasteiger partial charge in [0.05, 0.1) is 13.7 Å². The topological polar surface area (TPSA) is 86.2 Å². The summed E-state index contributed by atoms with van der Waals surface area (Å²) in [5.41, 5.74) is 5.26. The van der Waals surface area contributed by atoms with Crippen molar-refractivity contribution in [3.63, 3.8) is 0 Å². The van der Waals surface area contributed by atoms with Crippen molar-refractivity contribution in [1.82, 2.24) is 0 Å². The van der Waals surface area contributed by atoms with Gasteiger partial charge in [-0.1, -0.05) is 30.3 Å². The summed E-state index contributed by atoms with van der Waals surface area (Å²) in [7, 11) is 1.51. The number of hydrogen-bond donors (Lipinski definition) is 1. The van der Waals surface area contributed by atoms with E-state index in [-0.39, 0.29) is 0 Å². The monoisotopic (exact) mass is 301 g/mol. The van der Waals surface area contributed by atoms with Gasteiger partial charge in [0.15, 0.2) is 17.5 Å². The summed E-state index contributed by atoms with van der Waals surface area (Å²) in [6, 6.07) is 14.1. The molecular formula is C17H19NO4. The van der Waals surface area contributed by atoms with Gasteiger partial charge in [-0.3, -0.25) is 0 Å². The first-order valence-corrected chi connectivity index (χ1v) is 7.00. The molecule has 5 nitrogen and oxygen atoms in total. The average Bonchev–Trinajstić information content (AvgIpc) is 2.55. The fourth-order valence-corrected chi connectivity index (χ4v) is 2.08. The van der Waals surface area contributed by atoms with Gasteiger partial charge >= 0.3 is 0 Å². The maximum absolute atomic E-state index is 10.9. The van der Waals surface area contributed by atoms with E-state index in [2.05, 4.69) is 5.73 Å². The molecule has 0 heterocycles. The second-order valence-corrected chi connectivity index (χ2v) is 4.87. The summed E-state index contributed by atoms with van der Waals surface area (Å²) in [6.07, 6.45) is 0.781. The summed E-state index contributed by atoms with van der Waals surface area (Å²) >= 11 is 0. The summed E-state index contributed by atoms with van der Waals surface area (Å²) < 4.78 is 11.0. The minimum Gasteiger partial charge on any atom is -0.544 e. The van der Waals surface area contributed by atoms with Gasteiger partial charge in [0.1, 0.15) is 5.97 Å². The van der Waals surface area contributed by atoms with E-state index in [0.29, 0.717) is 23.7 Å². The standard InChI is InChI=1S/C17H19NO4/c1-21-15-11-13(16(18)17(19)20)7-8-14(15)22-10-9-12-5-3-2-4-6-12/h2-8,11,16H,9-10,18H2,1H3,(H,19,20)/t16-/m1/s1. The van der Waals surface area contributed by atoms with Crippen LogP contribution in [-0.2, 0) is 11.2 Å². The molecule has 0 saturated carbocycles. The molecule has 0 aliphatic carbocycles. The zero-order valence-electron chi connectivity index (χ0n) is 12.5. The molecule has 2 aromatic rings. The van der Waals surface area contributed by atoms with Crippen molar-refractivity contribution in [2.75, 3.05) is 13.7 Å². The van der Waals surface area contributed by atoms with Gasteiger partial charge in [-0.15, -0.1) is 0 Å². The Kier molecular flexibility index (Phi) is 5.38. The van der Waals surface area contributed by atoms with Crippen molar-refractivity contribution < 1.29 is 25.1 Å². The van der Waals surface area contributed by atoms with E-state index in [4.69, 9.17) is 9.47 Å². The van der Waals surface area contributed by atoms with Crippen LogP contribution in [0.15, 0.2) is 48.5 Å². The van der Waals surface area contributed by atoms with Crippen LogP contribution in [0.25, 0.3) is 0 Å². The molecule has 1 atom stereocenters. The third kappa shape index (κ3) is 3.99. The number of ether oxygens (including phenoxy) is 2. The van der Waals surface area contributed by atoms with Crippen LogP contribution in [0, 0.1) is 0 Å². The van der Waals surface area contributed by atoms with Crippen molar-refractivity contribution in [2.45, 2.75) is 12.5 Å². The molecule has 0 saturated heterocycles. The smallest absolute Gasteiger partial charge is 0.161 e. The number of benzene rings is 2. The molecule has 0 unspecified atom stereocenters. The average molecular weight is 301 g/mol. The third-order valence-corrected chi connectivity index (χ3v) is 3.37. The van der Waals surface area contributed by atoms with Crippen LogP contribution in [0.3, 0.4) is 0 Å². The summed E-state index contributed by atoms with van der Waals surface area (Å²) in [6.45, 7) is 0.508. The zero-order chi connectivity index (χ0) is 15.9. The van der Waals surface area contributed by atoms with Crippen LogP contribution in [0.5, 0.6) is 11.5 Å². The molecule has 0 aromatic heterocycles. The van der Waals surface area contributed by atoms with E-state index < -0.39 is 12.0 Å².